The fourth-order valence-corrected chi connectivity index (χ4v) is 3.17. The number of anilines is 1. The summed E-state index contributed by atoms with van der Waals surface area (Å²) >= 11 is 5.34. The van der Waals surface area contributed by atoms with E-state index in [2.05, 4.69) is 6.58 Å². The number of methoxy groups -OCH3 is 2. The van der Waals surface area contributed by atoms with Gasteiger partial charge in [0.15, 0.2) is 17.1 Å². The Bertz CT molecular complexity index is 925. The van der Waals surface area contributed by atoms with Gasteiger partial charge in [-0.05, 0) is 32.0 Å². The first-order chi connectivity index (χ1) is 14.3. The number of hydrogen-bond acceptors (Lipinski definition) is 4. The summed E-state index contributed by atoms with van der Waals surface area (Å²) in [5.74, 6) is 0.629. The van der Waals surface area contributed by atoms with Crippen LogP contribution >= 0.6 is 11.6 Å². The standard InChI is InChI=1S/C20H21NO4.C4H7Cl/c1-4-5-12-21-16-9-7-6-8-15(16)20(23,19(21)22)14-10-11-17(24-2)18(13-14)25-3;1-3-4(2)5/h4-11,13,23H,12H2,1-3H3;3-4H,1H2,2H3/b5-4+;. The highest BCUT2D eigenvalue weighted by atomic mass is 35.5. The summed E-state index contributed by atoms with van der Waals surface area (Å²) in [6, 6.07) is 12.3. The van der Waals surface area contributed by atoms with Gasteiger partial charge in [-0.25, -0.2) is 0 Å². The van der Waals surface area contributed by atoms with E-state index < -0.39 is 5.60 Å². The molecule has 1 N–H and O–H groups in total. The molecule has 0 radical (unpaired) electrons. The molecule has 0 saturated carbocycles. The van der Waals surface area contributed by atoms with Crippen molar-refractivity contribution in [2.75, 3.05) is 25.7 Å². The molecule has 30 heavy (non-hydrogen) atoms. The quantitative estimate of drug-likeness (QED) is 0.535. The number of ether oxygens (including phenoxy) is 2. The number of rotatable bonds is 6. The van der Waals surface area contributed by atoms with Gasteiger partial charge in [0.05, 0.1) is 19.9 Å². The summed E-state index contributed by atoms with van der Waals surface area (Å²) in [4.78, 5) is 14.7. The molecule has 6 heteroatoms. The number of benzene rings is 2. The highest BCUT2D eigenvalue weighted by Crippen LogP contribution is 2.45. The van der Waals surface area contributed by atoms with Crippen LogP contribution in [0.25, 0.3) is 0 Å². The van der Waals surface area contributed by atoms with Crippen molar-refractivity contribution in [1.29, 1.82) is 0 Å². The number of nitrogens with zero attached hydrogens (tertiary/aromatic N) is 1. The van der Waals surface area contributed by atoms with Crippen LogP contribution in [0.15, 0.2) is 67.3 Å². The first kappa shape index (κ1) is 23.5. The molecule has 1 aliphatic heterocycles. The zero-order valence-corrected chi connectivity index (χ0v) is 18.5. The van der Waals surface area contributed by atoms with Gasteiger partial charge >= 0.3 is 0 Å². The number of halogens is 1. The minimum Gasteiger partial charge on any atom is -0.493 e. The molecule has 3 rings (SSSR count). The Morgan fingerprint density at radius 2 is 1.83 bits per heavy atom. The molecular weight excluding hydrogens is 402 g/mol. The SMILES string of the molecule is C/C=C/CN1C(=O)C(O)(c2ccc(OC)c(OC)c2)c2ccccc21.C=CC(C)Cl. The third kappa shape index (κ3) is 4.53. The number of alkyl halides is 1. The van der Waals surface area contributed by atoms with E-state index >= 15 is 0 Å². The molecule has 1 amide bonds. The zero-order chi connectivity index (χ0) is 22.3. The first-order valence-corrected chi connectivity index (χ1v) is 10.0. The van der Waals surface area contributed by atoms with Crippen molar-refractivity contribution in [2.45, 2.75) is 24.8 Å². The maximum Gasteiger partial charge on any atom is 0.268 e. The third-order valence-electron chi connectivity index (χ3n) is 4.79. The van der Waals surface area contributed by atoms with E-state index in [4.69, 9.17) is 21.1 Å². The molecule has 0 fully saturated rings. The molecule has 1 aliphatic rings. The highest BCUT2D eigenvalue weighted by Gasteiger charge is 2.50. The predicted molar refractivity (Wildman–Crippen MR) is 122 cm³/mol. The van der Waals surface area contributed by atoms with E-state index in [0.717, 1.165) is 0 Å². The summed E-state index contributed by atoms with van der Waals surface area (Å²) in [7, 11) is 3.07. The number of amides is 1. The smallest absolute Gasteiger partial charge is 0.268 e. The van der Waals surface area contributed by atoms with Crippen molar-refractivity contribution in [1.82, 2.24) is 0 Å². The minimum absolute atomic E-state index is 0.120. The Balaban J connectivity index is 0.000000575. The second-order valence-corrected chi connectivity index (χ2v) is 7.38. The van der Waals surface area contributed by atoms with Gasteiger partial charge in [0.2, 0.25) is 0 Å². The molecule has 2 atom stereocenters. The molecule has 0 bridgehead atoms. The van der Waals surface area contributed by atoms with Crippen molar-refractivity contribution in [2.24, 2.45) is 0 Å². The molecule has 1 heterocycles. The Morgan fingerprint density at radius 1 is 1.20 bits per heavy atom. The monoisotopic (exact) mass is 429 g/mol. The maximum absolute atomic E-state index is 13.1. The van der Waals surface area contributed by atoms with E-state index in [1.54, 1.807) is 42.4 Å². The second-order valence-electron chi connectivity index (χ2n) is 6.70. The second kappa shape index (κ2) is 10.3. The Hall–Kier alpha value is -2.76. The lowest BCUT2D eigenvalue weighted by Crippen LogP contribution is -2.41. The molecule has 2 unspecified atom stereocenters. The zero-order valence-electron chi connectivity index (χ0n) is 17.8. The van der Waals surface area contributed by atoms with Crippen LogP contribution in [-0.2, 0) is 10.4 Å². The van der Waals surface area contributed by atoms with Gasteiger partial charge in [0.1, 0.15) is 0 Å². The van der Waals surface area contributed by atoms with Crippen molar-refractivity contribution in [3.05, 3.63) is 78.4 Å². The fraction of sp³-hybridized carbons (Fsp3) is 0.292. The number of carbonyl (C=O) groups is 1. The third-order valence-corrected chi connectivity index (χ3v) is 4.97. The summed E-state index contributed by atoms with van der Waals surface area (Å²) in [5.41, 5.74) is -0.0252. The van der Waals surface area contributed by atoms with Crippen LogP contribution in [0.1, 0.15) is 25.0 Å². The number of fused-ring (bicyclic) bond motifs is 1. The number of aliphatic hydroxyl groups is 1. The van der Waals surface area contributed by atoms with E-state index in [1.807, 2.05) is 44.2 Å². The lowest BCUT2D eigenvalue weighted by atomic mass is 9.87. The van der Waals surface area contributed by atoms with Gasteiger partial charge < -0.3 is 19.5 Å². The van der Waals surface area contributed by atoms with Gasteiger partial charge in [0.25, 0.3) is 5.91 Å². The largest absolute Gasteiger partial charge is 0.493 e. The summed E-state index contributed by atoms with van der Waals surface area (Å²) in [5, 5.41) is 11.5. The molecular formula is C24H28ClNO4. The van der Waals surface area contributed by atoms with Crippen LogP contribution in [0.2, 0.25) is 0 Å². The normalized spacial score (nSPS) is 18.5. The lowest BCUT2D eigenvalue weighted by Gasteiger charge is -2.24. The van der Waals surface area contributed by atoms with Crippen molar-refractivity contribution in [3.8, 4) is 11.5 Å². The number of allylic oxidation sites excluding steroid dienone is 2. The van der Waals surface area contributed by atoms with Crippen LogP contribution < -0.4 is 14.4 Å². The van der Waals surface area contributed by atoms with Gasteiger partial charge in [-0.3, -0.25) is 4.79 Å². The topological polar surface area (TPSA) is 59.0 Å². The minimum atomic E-state index is -1.75. The Morgan fingerprint density at radius 3 is 2.40 bits per heavy atom. The van der Waals surface area contributed by atoms with Crippen molar-refractivity contribution in [3.63, 3.8) is 0 Å². The first-order valence-electron chi connectivity index (χ1n) is 9.59. The predicted octanol–water partition coefficient (Wildman–Crippen LogP) is 4.66. The van der Waals surface area contributed by atoms with Crippen LogP contribution in [-0.4, -0.2) is 37.2 Å². The molecule has 5 nitrogen and oxygen atoms in total. The highest BCUT2D eigenvalue weighted by molar-refractivity contribution is 6.21. The van der Waals surface area contributed by atoms with E-state index in [-0.39, 0.29) is 11.3 Å². The van der Waals surface area contributed by atoms with Crippen LogP contribution in [0, 0.1) is 0 Å². The average molecular weight is 430 g/mol. The van der Waals surface area contributed by atoms with Crippen molar-refractivity contribution < 1.29 is 19.4 Å². The van der Waals surface area contributed by atoms with Gasteiger partial charge in [-0.1, -0.05) is 42.5 Å². The molecule has 0 aliphatic carbocycles. The molecule has 2 aromatic carbocycles. The van der Waals surface area contributed by atoms with Crippen LogP contribution in [0.4, 0.5) is 5.69 Å². The maximum atomic E-state index is 13.1. The van der Waals surface area contributed by atoms with Gasteiger partial charge in [-0.2, -0.15) is 0 Å². The van der Waals surface area contributed by atoms with Crippen LogP contribution in [0.3, 0.4) is 0 Å². The van der Waals surface area contributed by atoms with E-state index in [0.29, 0.717) is 34.9 Å². The van der Waals surface area contributed by atoms with E-state index in [1.165, 1.54) is 7.11 Å². The number of carbonyl (C=O) groups excluding carboxylic acids is 1. The number of para-hydroxylation sites is 1. The molecule has 0 saturated heterocycles. The molecule has 0 spiro atoms. The van der Waals surface area contributed by atoms with Gasteiger partial charge in [0, 0.05) is 23.0 Å². The summed E-state index contributed by atoms with van der Waals surface area (Å²) < 4.78 is 10.6. The van der Waals surface area contributed by atoms with Crippen LogP contribution in [0.5, 0.6) is 11.5 Å². The van der Waals surface area contributed by atoms with Crippen molar-refractivity contribution >= 4 is 23.2 Å². The molecule has 160 valence electrons. The summed E-state index contributed by atoms with van der Waals surface area (Å²) in [6.45, 7) is 7.60. The number of hydrogen-bond donors (Lipinski definition) is 1. The van der Waals surface area contributed by atoms with Gasteiger partial charge in [-0.15, -0.1) is 18.2 Å². The molecule has 2 aromatic rings. The Kier molecular flexibility index (Phi) is 8.09. The Labute approximate surface area is 183 Å². The average Bonchev–Trinajstić information content (AvgIpc) is 2.99. The van der Waals surface area contributed by atoms with E-state index in [9.17, 15) is 9.90 Å². The summed E-state index contributed by atoms with van der Waals surface area (Å²) in [6.07, 6.45) is 5.44. The fourth-order valence-electron chi connectivity index (χ4n) is 3.17. The lowest BCUT2D eigenvalue weighted by molar-refractivity contribution is -0.132. The molecule has 0 aromatic heterocycles.